The molecule has 2 heterocycles. The molecular weight excluding hydrogens is 360 g/mol. The number of nitrogens with zero attached hydrogens (tertiary/aromatic N) is 3. The number of fused-ring (bicyclic) bond motifs is 1. The summed E-state index contributed by atoms with van der Waals surface area (Å²) in [4.78, 5) is 33.5. The van der Waals surface area contributed by atoms with Crippen LogP contribution in [0.3, 0.4) is 0 Å². The van der Waals surface area contributed by atoms with Gasteiger partial charge in [0.25, 0.3) is 5.56 Å². The highest BCUT2D eigenvalue weighted by molar-refractivity contribution is 7.98. The van der Waals surface area contributed by atoms with Gasteiger partial charge >= 0.3 is 5.69 Å². The van der Waals surface area contributed by atoms with Crippen molar-refractivity contribution in [2.24, 2.45) is 11.8 Å². The summed E-state index contributed by atoms with van der Waals surface area (Å²) in [5, 5.41) is 0. The molecule has 0 fully saturated rings. The van der Waals surface area contributed by atoms with E-state index in [4.69, 9.17) is 4.98 Å². The number of aromatic nitrogens is 4. The molecule has 0 spiro atoms. The van der Waals surface area contributed by atoms with E-state index in [9.17, 15) is 9.59 Å². The van der Waals surface area contributed by atoms with Crippen molar-refractivity contribution in [1.82, 2.24) is 19.1 Å². The Labute approximate surface area is 162 Å². The summed E-state index contributed by atoms with van der Waals surface area (Å²) in [5.74, 6) is 1.31. The van der Waals surface area contributed by atoms with Crippen molar-refractivity contribution in [3.8, 4) is 11.4 Å². The normalized spacial score (nSPS) is 11.8. The van der Waals surface area contributed by atoms with Crippen molar-refractivity contribution in [3.05, 3.63) is 45.1 Å². The molecule has 0 aliphatic rings. The number of hydrogen-bond acceptors (Lipinski definition) is 4. The number of rotatable bonds is 6. The summed E-state index contributed by atoms with van der Waals surface area (Å²) in [6, 6.07) is 8.13. The van der Waals surface area contributed by atoms with Crippen LogP contribution in [0.4, 0.5) is 0 Å². The van der Waals surface area contributed by atoms with Gasteiger partial charge in [-0.15, -0.1) is 11.8 Å². The SMILES string of the molecule is CSc1ccc(-c2nc3c(c(=O)[nH]c(=O)n3CC(C)C)n2CC(C)C)cc1. The van der Waals surface area contributed by atoms with E-state index in [1.807, 2.05) is 48.9 Å². The van der Waals surface area contributed by atoms with Gasteiger partial charge in [-0.2, -0.15) is 0 Å². The summed E-state index contributed by atoms with van der Waals surface area (Å²) in [6.07, 6.45) is 2.03. The quantitative estimate of drug-likeness (QED) is 0.657. The fourth-order valence-corrected chi connectivity index (χ4v) is 3.62. The predicted octanol–water partition coefficient (Wildman–Crippen LogP) is 3.59. The molecule has 0 aliphatic heterocycles. The van der Waals surface area contributed by atoms with Gasteiger partial charge in [-0.25, -0.2) is 9.78 Å². The average Bonchev–Trinajstić information content (AvgIpc) is 2.97. The van der Waals surface area contributed by atoms with Crippen LogP contribution < -0.4 is 11.2 Å². The van der Waals surface area contributed by atoms with Crippen molar-refractivity contribution in [2.75, 3.05) is 6.26 Å². The van der Waals surface area contributed by atoms with E-state index >= 15 is 0 Å². The van der Waals surface area contributed by atoms with Crippen LogP contribution in [0.15, 0.2) is 38.8 Å². The number of thioether (sulfide) groups is 1. The fourth-order valence-electron chi connectivity index (χ4n) is 3.21. The molecule has 0 unspecified atom stereocenters. The number of aromatic amines is 1. The van der Waals surface area contributed by atoms with Gasteiger partial charge in [-0.05, 0) is 30.2 Å². The summed E-state index contributed by atoms with van der Waals surface area (Å²) in [7, 11) is 0. The Kier molecular flexibility index (Phi) is 5.60. The third-order valence-electron chi connectivity index (χ3n) is 4.33. The van der Waals surface area contributed by atoms with Crippen molar-refractivity contribution >= 4 is 22.9 Å². The molecule has 1 N–H and O–H groups in total. The molecule has 0 aliphatic carbocycles. The van der Waals surface area contributed by atoms with Gasteiger partial charge in [-0.3, -0.25) is 14.3 Å². The average molecular weight is 387 g/mol. The Hall–Kier alpha value is -2.28. The number of hydrogen-bond donors (Lipinski definition) is 1. The zero-order chi connectivity index (χ0) is 19.7. The molecule has 3 aromatic rings. The van der Waals surface area contributed by atoms with Gasteiger partial charge < -0.3 is 4.57 Å². The maximum atomic E-state index is 12.7. The number of benzene rings is 1. The molecule has 0 saturated heterocycles. The highest BCUT2D eigenvalue weighted by Gasteiger charge is 2.20. The fraction of sp³-hybridized carbons (Fsp3) is 0.450. The molecule has 0 saturated carbocycles. The van der Waals surface area contributed by atoms with Gasteiger partial charge in [-0.1, -0.05) is 39.8 Å². The second-order valence-corrected chi connectivity index (χ2v) is 8.48. The first kappa shape index (κ1) is 19.5. The number of nitrogens with one attached hydrogen (secondary N) is 1. The van der Waals surface area contributed by atoms with Gasteiger partial charge in [0.1, 0.15) is 5.82 Å². The van der Waals surface area contributed by atoms with Crippen LogP contribution in [0.1, 0.15) is 27.7 Å². The minimum atomic E-state index is -0.403. The van der Waals surface area contributed by atoms with Gasteiger partial charge in [0.2, 0.25) is 0 Å². The van der Waals surface area contributed by atoms with Crippen molar-refractivity contribution in [1.29, 1.82) is 0 Å². The smallest absolute Gasteiger partial charge is 0.318 e. The van der Waals surface area contributed by atoms with Gasteiger partial charge in [0.05, 0.1) is 0 Å². The Morgan fingerprint density at radius 3 is 2.15 bits per heavy atom. The van der Waals surface area contributed by atoms with Crippen LogP contribution in [-0.2, 0) is 13.1 Å². The Bertz CT molecular complexity index is 1060. The van der Waals surface area contributed by atoms with Gasteiger partial charge in [0, 0.05) is 23.5 Å². The minimum Gasteiger partial charge on any atom is -0.318 e. The topological polar surface area (TPSA) is 72.7 Å². The maximum Gasteiger partial charge on any atom is 0.330 e. The first-order chi connectivity index (χ1) is 12.8. The van der Waals surface area contributed by atoms with E-state index in [1.165, 1.54) is 4.90 Å². The monoisotopic (exact) mass is 386 g/mol. The summed E-state index contributed by atoms with van der Waals surface area (Å²) in [6.45, 7) is 9.44. The van der Waals surface area contributed by atoms with Crippen molar-refractivity contribution in [3.63, 3.8) is 0 Å². The lowest BCUT2D eigenvalue weighted by Crippen LogP contribution is -2.32. The largest absolute Gasteiger partial charge is 0.330 e. The first-order valence-corrected chi connectivity index (χ1v) is 10.4. The second kappa shape index (κ2) is 7.76. The van der Waals surface area contributed by atoms with E-state index in [-0.39, 0.29) is 11.5 Å². The van der Waals surface area contributed by atoms with Crippen LogP contribution >= 0.6 is 11.8 Å². The highest BCUT2D eigenvalue weighted by atomic mass is 32.2. The van der Waals surface area contributed by atoms with E-state index in [0.29, 0.717) is 30.2 Å². The molecule has 6 nitrogen and oxygen atoms in total. The van der Waals surface area contributed by atoms with Crippen LogP contribution in [0, 0.1) is 11.8 Å². The number of imidazole rings is 1. The lowest BCUT2D eigenvalue weighted by Gasteiger charge is -2.12. The maximum absolute atomic E-state index is 12.7. The molecule has 144 valence electrons. The molecule has 0 bridgehead atoms. The first-order valence-electron chi connectivity index (χ1n) is 9.19. The molecule has 27 heavy (non-hydrogen) atoms. The molecule has 1 aromatic carbocycles. The summed E-state index contributed by atoms with van der Waals surface area (Å²) in [5.41, 5.74) is 1.08. The van der Waals surface area contributed by atoms with Crippen LogP contribution in [0.25, 0.3) is 22.6 Å². The van der Waals surface area contributed by atoms with Crippen molar-refractivity contribution in [2.45, 2.75) is 45.7 Å². The van der Waals surface area contributed by atoms with Crippen molar-refractivity contribution < 1.29 is 0 Å². The predicted molar refractivity (Wildman–Crippen MR) is 112 cm³/mol. The lowest BCUT2D eigenvalue weighted by molar-refractivity contribution is 0.512. The molecule has 0 amide bonds. The Morgan fingerprint density at radius 1 is 1.00 bits per heavy atom. The molecule has 0 radical (unpaired) electrons. The molecule has 0 atom stereocenters. The van der Waals surface area contributed by atoms with Crippen LogP contribution in [0.5, 0.6) is 0 Å². The third kappa shape index (κ3) is 3.88. The molecule has 2 aromatic heterocycles. The minimum absolute atomic E-state index is 0.261. The van der Waals surface area contributed by atoms with E-state index in [2.05, 4.69) is 18.8 Å². The summed E-state index contributed by atoms with van der Waals surface area (Å²) >= 11 is 1.68. The third-order valence-corrected chi connectivity index (χ3v) is 5.07. The Balaban J connectivity index is 2.33. The Morgan fingerprint density at radius 2 is 1.59 bits per heavy atom. The van der Waals surface area contributed by atoms with Crippen LogP contribution in [-0.4, -0.2) is 25.4 Å². The van der Waals surface area contributed by atoms with E-state index in [0.717, 1.165) is 11.4 Å². The zero-order valence-corrected chi connectivity index (χ0v) is 17.3. The molecule has 7 heteroatoms. The lowest BCUT2D eigenvalue weighted by atomic mass is 10.2. The standard InChI is InChI=1S/C20H26N4O2S/c1-12(2)10-23-16-18(24(11-13(3)4)20(26)22-19(16)25)21-17(23)14-6-8-15(27-5)9-7-14/h6-9,12-13H,10-11H2,1-5H3,(H,22,25,26). The zero-order valence-electron chi connectivity index (χ0n) is 16.4. The van der Waals surface area contributed by atoms with Crippen LogP contribution in [0.2, 0.25) is 0 Å². The molecule has 3 rings (SSSR count). The van der Waals surface area contributed by atoms with E-state index < -0.39 is 5.69 Å². The second-order valence-electron chi connectivity index (χ2n) is 7.60. The van der Waals surface area contributed by atoms with E-state index in [1.54, 1.807) is 16.3 Å². The molecular formula is C20H26N4O2S. The van der Waals surface area contributed by atoms with Gasteiger partial charge in [0.15, 0.2) is 11.2 Å². The number of H-pyrrole nitrogens is 1. The summed E-state index contributed by atoms with van der Waals surface area (Å²) < 4.78 is 3.53. The highest BCUT2D eigenvalue weighted by Crippen LogP contribution is 2.26.